The summed E-state index contributed by atoms with van der Waals surface area (Å²) in [6, 6.07) is 11.8. The SMILES string of the molecule is C=CCOc1ccc(CC=Cc2cccc(C(=O)O)c2)c(OCC(=O)O)c1. The predicted octanol–water partition coefficient (Wildman–Crippen LogP) is 3.67. The Morgan fingerprint density at radius 1 is 1.07 bits per heavy atom. The Bertz CT molecular complexity index is 854. The number of carboxylic acids is 2. The molecule has 0 aliphatic carbocycles. The molecular weight excluding hydrogens is 348 g/mol. The number of aromatic carboxylic acids is 1. The first kappa shape index (κ1) is 19.8. The molecule has 0 saturated heterocycles. The molecule has 0 aromatic heterocycles. The number of hydrogen-bond donors (Lipinski definition) is 2. The first-order valence-electron chi connectivity index (χ1n) is 8.20. The van der Waals surface area contributed by atoms with Gasteiger partial charge in [0, 0.05) is 6.07 Å². The van der Waals surface area contributed by atoms with E-state index in [0.29, 0.717) is 24.5 Å². The standard InChI is InChI=1S/C21H20O6/c1-2-11-26-18-10-9-16(19(13-18)27-14-20(22)23)7-3-5-15-6-4-8-17(12-15)21(24)25/h2-6,8-10,12-13H,1,7,11,14H2,(H,22,23)(H,24,25). The molecule has 2 rings (SSSR count). The predicted molar refractivity (Wildman–Crippen MR) is 101 cm³/mol. The number of aliphatic carboxylic acids is 1. The van der Waals surface area contributed by atoms with Crippen molar-refractivity contribution in [3.05, 3.63) is 77.9 Å². The number of carboxylic acid groups (broad SMARTS) is 2. The van der Waals surface area contributed by atoms with Crippen LogP contribution in [0.1, 0.15) is 21.5 Å². The number of rotatable bonds is 10. The average Bonchev–Trinajstić information content (AvgIpc) is 2.66. The fourth-order valence-electron chi connectivity index (χ4n) is 2.32. The molecule has 0 aliphatic rings. The van der Waals surface area contributed by atoms with Crippen molar-refractivity contribution in [3.8, 4) is 11.5 Å². The summed E-state index contributed by atoms with van der Waals surface area (Å²) in [6.45, 7) is 3.46. The third-order valence-corrected chi connectivity index (χ3v) is 3.54. The van der Waals surface area contributed by atoms with Crippen LogP contribution in [0, 0.1) is 0 Å². The Hall–Kier alpha value is -3.54. The molecule has 0 unspecified atom stereocenters. The van der Waals surface area contributed by atoms with Crippen molar-refractivity contribution in [1.29, 1.82) is 0 Å². The maximum Gasteiger partial charge on any atom is 0.341 e. The summed E-state index contributed by atoms with van der Waals surface area (Å²) in [5, 5.41) is 17.9. The van der Waals surface area contributed by atoms with Gasteiger partial charge in [0.05, 0.1) is 5.56 Å². The maximum atomic E-state index is 11.0. The molecule has 6 nitrogen and oxygen atoms in total. The summed E-state index contributed by atoms with van der Waals surface area (Å²) in [4.78, 5) is 21.8. The molecule has 0 saturated carbocycles. The van der Waals surface area contributed by atoms with Crippen molar-refractivity contribution >= 4 is 18.0 Å². The minimum absolute atomic E-state index is 0.214. The van der Waals surface area contributed by atoms with E-state index in [0.717, 1.165) is 11.1 Å². The third kappa shape index (κ3) is 6.36. The number of benzene rings is 2. The molecule has 6 heteroatoms. The Balaban J connectivity index is 2.15. The van der Waals surface area contributed by atoms with Crippen LogP contribution in [0.3, 0.4) is 0 Å². The smallest absolute Gasteiger partial charge is 0.341 e. The van der Waals surface area contributed by atoms with Crippen LogP contribution in [0.15, 0.2) is 61.2 Å². The van der Waals surface area contributed by atoms with Crippen LogP contribution in [0.5, 0.6) is 11.5 Å². The number of hydrogen-bond acceptors (Lipinski definition) is 4. The van der Waals surface area contributed by atoms with Gasteiger partial charge in [0.25, 0.3) is 0 Å². The van der Waals surface area contributed by atoms with Crippen LogP contribution in [0.25, 0.3) is 6.08 Å². The zero-order chi connectivity index (χ0) is 19.6. The van der Waals surface area contributed by atoms with Gasteiger partial charge < -0.3 is 19.7 Å². The summed E-state index contributed by atoms with van der Waals surface area (Å²) in [7, 11) is 0. The highest BCUT2D eigenvalue weighted by molar-refractivity contribution is 5.88. The Morgan fingerprint density at radius 2 is 1.89 bits per heavy atom. The Morgan fingerprint density at radius 3 is 2.59 bits per heavy atom. The minimum Gasteiger partial charge on any atom is -0.489 e. The maximum absolute atomic E-state index is 11.0. The molecule has 2 aromatic rings. The van der Waals surface area contributed by atoms with E-state index in [2.05, 4.69) is 6.58 Å². The van der Waals surface area contributed by atoms with Crippen LogP contribution in [0.4, 0.5) is 0 Å². The highest BCUT2D eigenvalue weighted by atomic mass is 16.5. The van der Waals surface area contributed by atoms with Gasteiger partial charge in [-0.2, -0.15) is 0 Å². The van der Waals surface area contributed by atoms with Gasteiger partial charge in [0.1, 0.15) is 18.1 Å². The summed E-state index contributed by atoms with van der Waals surface area (Å²) in [6.07, 6.45) is 5.75. The van der Waals surface area contributed by atoms with Crippen molar-refractivity contribution < 1.29 is 29.3 Å². The average molecular weight is 368 g/mol. The van der Waals surface area contributed by atoms with Crippen molar-refractivity contribution in [2.45, 2.75) is 6.42 Å². The van der Waals surface area contributed by atoms with Crippen molar-refractivity contribution in [1.82, 2.24) is 0 Å². The zero-order valence-electron chi connectivity index (χ0n) is 14.6. The largest absolute Gasteiger partial charge is 0.489 e. The zero-order valence-corrected chi connectivity index (χ0v) is 14.6. The van der Waals surface area contributed by atoms with E-state index in [1.807, 2.05) is 6.08 Å². The van der Waals surface area contributed by atoms with E-state index in [9.17, 15) is 9.59 Å². The lowest BCUT2D eigenvalue weighted by atomic mass is 10.1. The lowest BCUT2D eigenvalue weighted by molar-refractivity contribution is -0.139. The molecule has 2 aromatic carbocycles. The van der Waals surface area contributed by atoms with Crippen LogP contribution in [-0.4, -0.2) is 35.4 Å². The van der Waals surface area contributed by atoms with Gasteiger partial charge in [-0.25, -0.2) is 9.59 Å². The molecule has 2 N–H and O–H groups in total. The molecule has 0 amide bonds. The van der Waals surface area contributed by atoms with E-state index in [4.69, 9.17) is 19.7 Å². The second-order valence-electron chi connectivity index (χ2n) is 5.59. The third-order valence-electron chi connectivity index (χ3n) is 3.54. The number of carbonyl (C=O) groups is 2. The molecule has 27 heavy (non-hydrogen) atoms. The Labute approximate surface area is 157 Å². The normalized spacial score (nSPS) is 10.5. The highest BCUT2D eigenvalue weighted by Gasteiger charge is 2.08. The van der Waals surface area contributed by atoms with E-state index >= 15 is 0 Å². The topological polar surface area (TPSA) is 93.1 Å². The highest BCUT2D eigenvalue weighted by Crippen LogP contribution is 2.26. The second-order valence-corrected chi connectivity index (χ2v) is 5.59. The quantitative estimate of drug-likeness (QED) is 0.622. The van der Waals surface area contributed by atoms with Gasteiger partial charge in [0.2, 0.25) is 0 Å². The molecule has 0 fully saturated rings. The Kier molecular flexibility index (Phi) is 7.19. The van der Waals surface area contributed by atoms with Gasteiger partial charge in [-0.15, -0.1) is 0 Å². The van der Waals surface area contributed by atoms with E-state index < -0.39 is 18.5 Å². The lowest BCUT2D eigenvalue weighted by Crippen LogP contribution is -2.10. The molecule has 0 aliphatic heterocycles. The van der Waals surface area contributed by atoms with Gasteiger partial charge in [-0.3, -0.25) is 0 Å². The fourth-order valence-corrected chi connectivity index (χ4v) is 2.32. The van der Waals surface area contributed by atoms with Crippen LogP contribution in [0.2, 0.25) is 0 Å². The van der Waals surface area contributed by atoms with Crippen LogP contribution < -0.4 is 9.47 Å². The van der Waals surface area contributed by atoms with E-state index in [-0.39, 0.29) is 5.56 Å². The summed E-state index contributed by atoms with van der Waals surface area (Å²) in [5.41, 5.74) is 1.76. The molecule has 140 valence electrons. The van der Waals surface area contributed by atoms with Gasteiger partial charge >= 0.3 is 11.9 Å². The fraction of sp³-hybridized carbons (Fsp3) is 0.143. The van der Waals surface area contributed by atoms with Crippen LogP contribution >= 0.6 is 0 Å². The van der Waals surface area contributed by atoms with Gasteiger partial charge in [-0.05, 0) is 35.7 Å². The van der Waals surface area contributed by atoms with Crippen molar-refractivity contribution in [3.63, 3.8) is 0 Å². The first-order chi connectivity index (χ1) is 13.0. The molecule has 0 radical (unpaired) electrons. The molecule has 0 heterocycles. The summed E-state index contributed by atoms with van der Waals surface area (Å²) >= 11 is 0. The van der Waals surface area contributed by atoms with Crippen molar-refractivity contribution in [2.75, 3.05) is 13.2 Å². The summed E-state index contributed by atoms with van der Waals surface area (Å²) < 4.78 is 10.8. The monoisotopic (exact) mass is 368 g/mol. The van der Waals surface area contributed by atoms with Crippen molar-refractivity contribution in [2.24, 2.45) is 0 Å². The number of ether oxygens (including phenoxy) is 2. The summed E-state index contributed by atoms with van der Waals surface area (Å²) in [5.74, 6) is -1.08. The molecule has 0 bridgehead atoms. The van der Waals surface area contributed by atoms with Crippen LogP contribution in [-0.2, 0) is 11.2 Å². The lowest BCUT2D eigenvalue weighted by Gasteiger charge is -2.11. The van der Waals surface area contributed by atoms with E-state index in [1.165, 1.54) is 6.07 Å². The first-order valence-corrected chi connectivity index (χ1v) is 8.20. The van der Waals surface area contributed by atoms with E-state index in [1.54, 1.807) is 48.6 Å². The molecule has 0 spiro atoms. The van der Waals surface area contributed by atoms with Gasteiger partial charge in [-0.1, -0.05) is 43.0 Å². The second kappa shape index (κ2) is 9.82. The molecule has 0 atom stereocenters. The number of allylic oxidation sites excluding steroid dienone is 1. The minimum atomic E-state index is -1.07. The molecular formula is C21H20O6. The van der Waals surface area contributed by atoms with Gasteiger partial charge in [0.15, 0.2) is 6.61 Å².